The minimum atomic E-state index is -2.02. The van der Waals surface area contributed by atoms with Crippen molar-refractivity contribution < 1.29 is 33.8 Å². The molecule has 0 spiro atoms. The molecule has 1 aliphatic carbocycles. The maximum Gasteiger partial charge on any atom is 0.410 e. The molecule has 0 saturated carbocycles. The normalized spacial score (nSPS) is 18.4. The second-order valence-electron chi connectivity index (χ2n) is 16.4. The van der Waals surface area contributed by atoms with Crippen LogP contribution in [0.15, 0.2) is 72.8 Å². The van der Waals surface area contributed by atoms with Crippen molar-refractivity contribution in [2.75, 3.05) is 13.2 Å². The molecule has 0 bridgehead atoms. The topological polar surface area (TPSA) is 145 Å². The number of rotatable bonds is 9. The fourth-order valence-electron chi connectivity index (χ4n) is 7.07. The first-order valence-electron chi connectivity index (χ1n) is 18.8. The van der Waals surface area contributed by atoms with Gasteiger partial charge in [0.05, 0.1) is 19.7 Å². The second kappa shape index (κ2) is 16.9. The number of hydrogen-bond donors (Lipinski definition) is 3. The fraction of sp³-hybridized carbons (Fsp3) is 0.419. The Morgan fingerprint density at radius 3 is 2.20 bits per heavy atom. The molecule has 1 aliphatic heterocycles. The molecule has 2 aliphatic rings. The van der Waals surface area contributed by atoms with Crippen LogP contribution in [0.2, 0.25) is 19.1 Å². The maximum absolute atomic E-state index is 14.7. The van der Waals surface area contributed by atoms with E-state index in [4.69, 9.17) is 9.84 Å². The Kier molecular flexibility index (Phi) is 12.6. The molecule has 1 fully saturated rings. The van der Waals surface area contributed by atoms with Crippen LogP contribution in [-0.2, 0) is 32.0 Å². The van der Waals surface area contributed by atoms with E-state index in [1.165, 1.54) is 29.6 Å². The summed E-state index contributed by atoms with van der Waals surface area (Å²) in [5.41, 5.74) is 3.90. The molecular weight excluding hydrogens is 713 g/mol. The first-order valence-corrected chi connectivity index (χ1v) is 22.2. The molecule has 0 aromatic heterocycles. The summed E-state index contributed by atoms with van der Waals surface area (Å²) in [6.07, 6.45) is 2.69. The summed E-state index contributed by atoms with van der Waals surface area (Å²) in [6.45, 7) is 11.1. The number of amides is 4. The number of carboxylic acid groups (broad SMARTS) is 1. The molecule has 55 heavy (non-hydrogen) atoms. The van der Waals surface area contributed by atoms with Gasteiger partial charge in [0.15, 0.2) is 0 Å². The van der Waals surface area contributed by atoms with Gasteiger partial charge >= 0.3 is 12.1 Å². The van der Waals surface area contributed by atoms with E-state index in [-0.39, 0.29) is 29.8 Å². The molecule has 3 unspecified atom stereocenters. The molecule has 3 N–H and O–H groups in total. The van der Waals surface area contributed by atoms with Gasteiger partial charge in [-0.25, -0.2) is 9.59 Å². The van der Waals surface area contributed by atoms with Crippen LogP contribution in [0, 0.1) is 11.8 Å². The number of carbonyl (C=O) groups excluding carboxylic acids is 4. The van der Waals surface area contributed by atoms with Gasteiger partial charge in [-0.2, -0.15) is 0 Å². The Balaban J connectivity index is 1.38. The first-order chi connectivity index (χ1) is 25.9. The molecule has 5 rings (SSSR count). The monoisotopic (exact) mass is 764 g/mol. The number of aryl methyl sites for hydroxylation is 1. The molecule has 4 amide bonds. The number of ether oxygens (including phenoxy) is 1. The van der Waals surface area contributed by atoms with Crippen molar-refractivity contribution in [1.29, 1.82) is 0 Å². The van der Waals surface area contributed by atoms with Gasteiger partial charge in [-0.1, -0.05) is 61.3 Å². The average Bonchev–Trinajstić information content (AvgIpc) is 3.48. The molecule has 290 valence electrons. The van der Waals surface area contributed by atoms with E-state index >= 15 is 0 Å². The Morgan fingerprint density at radius 2 is 1.58 bits per heavy atom. The summed E-state index contributed by atoms with van der Waals surface area (Å²) in [4.78, 5) is 69.4. The van der Waals surface area contributed by atoms with Gasteiger partial charge in [0.1, 0.15) is 23.7 Å². The predicted octanol–water partition coefficient (Wildman–Crippen LogP) is 5.72. The van der Waals surface area contributed by atoms with Crippen LogP contribution >= 0.6 is 0 Å². The largest absolute Gasteiger partial charge is 0.478 e. The van der Waals surface area contributed by atoms with Crippen molar-refractivity contribution in [2.24, 2.45) is 0 Å². The van der Waals surface area contributed by atoms with Crippen molar-refractivity contribution in [3.63, 3.8) is 0 Å². The molecule has 11 nitrogen and oxygen atoms in total. The zero-order chi connectivity index (χ0) is 40.1. The van der Waals surface area contributed by atoms with Gasteiger partial charge in [-0.05, 0) is 106 Å². The van der Waals surface area contributed by atoms with Gasteiger partial charge < -0.3 is 25.4 Å². The third-order valence-corrected chi connectivity index (χ3v) is 12.8. The number of nitrogens with zero attached hydrogens (tertiary/aromatic N) is 2. The number of aromatic carboxylic acids is 1. The number of hydrogen-bond acceptors (Lipinski definition) is 6. The molecule has 4 atom stereocenters. The van der Waals surface area contributed by atoms with Gasteiger partial charge in [-0.15, -0.1) is 0 Å². The lowest BCUT2D eigenvalue weighted by molar-refractivity contribution is -0.141. The summed E-state index contributed by atoms with van der Waals surface area (Å²) >= 11 is 0. The highest BCUT2D eigenvalue weighted by molar-refractivity contribution is 6.79. The Labute approximate surface area is 324 Å². The molecule has 1 saturated heterocycles. The number of carboxylic acids is 1. The minimum absolute atomic E-state index is 0.134. The second-order valence-corrected chi connectivity index (χ2v) is 21.4. The fourth-order valence-corrected chi connectivity index (χ4v) is 9.95. The predicted molar refractivity (Wildman–Crippen MR) is 213 cm³/mol. The van der Waals surface area contributed by atoms with Gasteiger partial charge in [-0.3, -0.25) is 19.3 Å². The zero-order valence-electron chi connectivity index (χ0n) is 32.8. The van der Waals surface area contributed by atoms with E-state index < -0.39 is 49.8 Å². The van der Waals surface area contributed by atoms with Crippen molar-refractivity contribution in [3.8, 4) is 11.8 Å². The van der Waals surface area contributed by atoms with Gasteiger partial charge in [0.2, 0.25) is 17.7 Å². The molecule has 1 heterocycles. The van der Waals surface area contributed by atoms with E-state index in [1.807, 2.05) is 36.4 Å². The van der Waals surface area contributed by atoms with Crippen molar-refractivity contribution in [2.45, 2.75) is 102 Å². The Morgan fingerprint density at radius 1 is 0.964 bits per heavy atom. The Bertz CT molecular complexity index is 1980. The van der Waals surface area contributed by atoms with Crippen LogP contribution in [-0.4, -0.2) is 89.7 Å². The maximum atomic E-state index is 14.7. The molecule has 12 heteroatoms. The molecule has 0 radical (unpaired) electrons. The first kappa shape index (κ1) is 40.8. The smallest absolute Gasteiger partial charge is 0.410 e. The summed E-state index contributed by atoms with van der Waals surface area (Å²) in [7, 11) is -0.540. The quantitative estimate of drug-likeness (QED) is 0.187. The van der Waals surface area contributed by atoms with Crippen molar-refractivity contribution in [3.05, 3.63) is 106 Å². The lowest BCUT2D eigenvalue weighted by Gasteiger charge is -2.33. The summed E-state index contributed by atoms with van der Waals surface area (Å²) in [6, 6.07) is 19.6. The number of fused-ring (bicyclic) bond motifs is 1. The van der Waals surface area contributed by atoms with Crippen LogP contribution in [0.3, 0.4) is 0 Å². The highest BCUT2D eigenvalue weighted by Crippen LogP contribution is 2.32. The number of nitrogens with one attached hydrogen (secondary N) is 2. The van der Waals surface area contributed by atoms with E-state index in [2.05, 4.69) is 47.7 Å². The van der Waals surface area contributed by atoms with E-state index in [0.717, 1.165) is 30.4 Å². The van der Waals surface area contributed by atoms with Crippen LogP contribution in [0.4, 0.5) is 4.79 Å². The molecule has 3 aromatic rings. The lowest BCUT2D eigenvalue weighted by Crippen LogP contribution is -2.57. The zero-order valence-corrected chi connectivity index (χ0v) is 33.8. The van der Waals surface area contributed by atoms with Gasteiger partial charge in [0.25, 0.3) is 0 Å². The standard InChI is InChI=1S/C43H52N4O7Si/c1-28(46(5)42(53)54-43(2,3)4)38(48)45-36(25-31-19-17-29(18-20-31)15-16-30-21-23-33(24-22-30)41(51)52)40(50)47-27-55(6,7)26-37(47)39(49)44-35-14-10-12-32-11-8-9-13-34(32)35/h8-9,11,13,17-24,28,35-37H,10,12,14,25-27H2,1-7H3,(H,44,49)(H,45,48)(H,51,52)/t28?,35-,36?,37?/m1/s1. The van der Waals surface area contributed by atoms with E-state index in [0.29, 0.717) is 23.3 Å². The number of likely N-dealkylation sites (N-methyl/N-ethyl adjacent to an activating group) is 1. The number of benzene rings is 3. The molecule has 3 aromatic carbocycles. The van der Waals surface area contributed by atoms with Crippen LogP contribution < -0.4 is 10.6 Å². The number of carbonyl (C=O) groups is 5. The van der Waals surface area contributed by atoms with Crippen LogP contribution in [0.5, 0.6) is 0 Å². The summed E-state index contributed by atoms with van der Waals surface area (Å²) in [5.74, 6) is 4.04. The Hall–Kier alpha value is -5.41. The van der Waals surface area contributed by atoms with Crippen molar-refractivity contribution >= 4 is 37.9 Å². The average molecular weight is 765 g/mol. The third-order valence-electron chi connectivity index (χ3n) is 10.1. The third kappa shape index (κ3) is 10.6. The minimum Gasteiger partial charge on any atom is -0.478 e. The molecular formula is C43H52N4O7Si. The van der Waals surface area contributed by atoms with Crippen molar-refractivity contribution in [1.82, 2.24) is 20.4 Å². The highest BCUT2D eigenvalue weighted by atomic mass is 28.3. The lowest BCUT2D eigenvalue weighted by atomic mass is 9.87. The van der Waals surface area contributed by atoms with E-state index in [9.17, 15) is 24.0 Å². The summed E-state index contributed by atoms with van der Waals surface area (Å²) in [5, 5.41) is 15.4. The van der Waals surface area contributed by atoms with Gasteiger partial charge in [0, 0.05) is 30.8 Å². The van der Waals surface area contributed by atoms with E-state index in [1.54, 1.807) is 44.7 Å². The van der Waals surface area contributed by atoms with Crippen LogP contribution in [0.1, 0.15) is 84.8 Å². The summed E-state index contributed by atoms with van der Waals surface area (Å²) < 4.78 is 5.48. The SMILES string of the molecule is CC(C(=O)NC(Cc1ccc(C#Cc2ccc(C(=O)O)cc2)cc1)C(=O)N1C[Si](C)(C)CC1C(=O)N[C@@H]1CCCc2ccccc21)N(C)C(=O)OC(C)(C)C. The van der Waals surface area contributed by atoms with Crippen LogP contribution in [0.25, 0.3) is 0 Å². The highest BCUT2D eigenvalue weighted by Gasteiger charge is 2.47.